The van der Waals surface area contributed by atoms with Crippen LogP contribution in [-0.2, 0) is 6.42 Å². The Labute approximate surface area is 128 Å². The molecule has 0 fully saturated rings. The Bertz CT molecular complexity index is 612. The van der Waals surface area contributed by atoms with Gasteiger partial charge in [-0.05, 0) is 31.9 Å². The summed E-state index contributed by atoms with van der Waals surface area (Å²) in [4.78, 5) is 15.3. The second-order valence-electron chi connectivity index (χ2n) is 5.17. The fourth-order valence-electron chi connectivity index (χ4n) is 2.57. The summed E-state index contributed by atoms with van der Waals surface area (Å²) in [5.74, 6) is 0. The smallest absolute Gasteiger partial charge is 0.299 e. The van der Waals surface area contributed by atoms with Crippen molar-refractivity contribution in [3.63, 3.8) is 0 Å². The van der Waals surface area contributed by atoms with Crippen LogP contribution in [0.4, 0.5) is 5.69 Å². The van der Waals surface area contributed by atoms with E-state index in [1.165, 1.54) is 11.3 Å². The van der Waals surface area contributed by atoms with E-state index in [4.69, 9.17) is 0 Å². The zero-order chi connectivity index (χ0) is 15.2. The average Bonchev–Trinajstić information content (AvgIpc) is 2.92. The van der Waals surface area contributed by atoms with E-state index in [9.17, 15) is 10.1 Å². The Kier molecular flexibility index (Phi) is 5.64. The fourth-order valence-corrected chi connectivity index (χ4v) is 3.25. The summed E-state index contributed by atoms with van der Waals surface area (Å²) in [6.07, 6.45) is 3.82. The summed E-state index contributed by atoms with van der Waals surface area (Å²) in [6.45, 7) is 5.20. The molecule has 1 unspecified atom stereocenters. The predicted octanol–water partition coefficient (Wildman–Crippen LogP) is 3.92. The number of rotatable bonds is 8. The van der Waals surface area contributed by atoms with Gasteiger partial charge in [0.1, 0.15) is 0 Å². The van der Waals surface area contributed by atoms with Crippen molar-refractivity contribution in [3.05, 3.63) is 33.3 Å². The van der Waals surface area contributed by atoms with Crippen molar-refractivity contribution in [1.82, 2.24) is 10.3 Å². The number of aromatic nitrogens is 1. The molecule has 0 bridgehead atoms. The van der Waals surface area contributed by atoms with E-state index in [0.29, 0.717) is 11.9 Å². The van der Waals surface area contributed by atoms with Gasteiger partial charge in [-0.2, -0.15) is 0 Å². The highest BCUT2D eigenvalue weighted by molar-refractivity contribution is 7.16. The second kappa shape index (κ2) is 7.47. The van der Waals surface area contributed by atoms with Crippen LogP contribution < -0.4 is 5.32 Å². The third-order valence-electron chi connectivity index (χ3n) is 3.53. The highest BCUT2D eigenvalue weighted by Crippen LogP contribution is 2.31. The van der Waals surface area contributed by atoms with Gasteiger partial charge < -0.3 is 5.32 Å². The molecular formula is C15H21N3O2S. The molecule has 0 aliphatic rings. The third-order valence-corrected chi connectivity index (χ3v) is 4.32. The molecule has 0 saturated heterocycles. The number of nitrogens with one attached hydrogen (secondary N) is 1. The van der Waals surface area contributed by atoms with Crippen molar-refractivity contribution in [3.8, 4) is 0 Å². The van der Waals surface area contributed by atoms with Crippen molar-refractivity contribution < 1.29 is 4.92 Å². The van der Waals surface area contributed by atoms with Crippen LogP contribution in [0.3, 0.4) is 0 Å². The molecule has 114 valence electrons. The van der Waals surface area contributed by atoms with Crippen molar-refractivity contribution in [2.45, 2.75) is 45.6 Å². The van der Waals surface area contributed by atoms with Gasteiger partial charge in [-0.15, -0.1) is 11.3 Å². The molecule has 5 nitrogen and oxygen atoms in total. The first kappa shape index (κ1) is 15.9. The summed E-state index contributed by atoms with van der Waals surface area (Å²) in [5.41, 5.74) is 3.14. The fraction of sp³-hybridized carbons (Fsp3) is 0.533. The van der Waals surface area contributed by atoms with Gasteiger partial charge in [0, 0.05) is 11.6 Å². The first-order chi connectivity index (χ1) is 10.2. The van der Waals surface area contributed by atoms with Crippen LogP contribution in [0.5, 0.6) is 0 Å². The number of hydrogen-bond acceptors (Lipinski definition) is 5. The maximum atomic E-state index is 11.4. The van der Waals surface area contributed by atoms with Crippen molar-refractivity contribution in [2.24, 2.45) is 0 Å². The van der Waals surface area contributed by atoms with Gasteiger partial charge in [-0.3, -0.25) is 10.1 Å². The topological polar surface area (TPSA) is 68.1 Å². The Morgan fingerprint density at radius 1 is 1.38 bits per heavy atom. The van der Waals surface area contributed by atoms with Crippen LogP contribution in [0.25, 0.3) is 10.2 Å². The van der Waals surface area contributed by atoms with Crippen LogP contribution in [0.2, 0.25) is 0 Å². The molecule has 0 aliphatic carbocycles. The molecule has 2 rings (SSSR count). The third kappa shape index (κ3) is 3.77. The Hall–Kier alpha value is -1.53. The number of nitro groups is 1. The van der Waals surface area contributed by atoms with E-state index in [0.717, 1.165) is 36.1 Å². The largest absolute Gasteiger partial charge is 0.314 e. The molecule has 1 aromatic carbocycles. The minimum Gasteiger partial charge on any atom is -0.314 e. The minimum atomic E-state index is -0.291. The lowest BCUT2D eigenvalue weighted by atomic mass is 10.00. The van der Waals surface area contributed by atoms with E-state index >= 15 is 0 Å². The van der Waals surface area contributed by atoms with E-state index in [-0.39, 0.29) is 16.7 Å². The molecule has 0 amide bonds. The van der Waals surface area contributed by atoms with Gasteiger partial charge in [0.05, 0.1) is 15.1 Å². The minimum absolute atomic E-state index is 0.174. The summed E-state index contributed by atoms with van der Waals surface area (Å²) in [5, 5.41) is 14.9. The van der Waals surface area contributed by atoms with Gasteiger partial charge >= 0.3 is 0 Å². The van der Waals surface area contributed by atoms with Gasteiger partial charge in [0.2, 0.25) is 0 Å². The number of thiazole rings is 1. The molecule has 0 saturated carbocycles. The first-order valence-corrected chi connectivity index (χ1v) is 8.28. The normalized spacial score (nSPS) is 12.7. The van der Waals surface area contributed by atoms with E-state index in [2.05, 4.69) is 24.1 Å². The number of nitro benzene ring substituents is 1. The summed E-state index contributed by atoms with van der Waals surface area (Å²) >= 11 is 1.44. The predicted molar refractivity (Wildman–Crippen MR) is 87.0 cm³/mol. The molecule has 0 spiro atoms. The molecule has 0 radical (unpaired) electrons. The van der Waals surface area contributed by atoms with E-state index in [1.807, 2.05) is 12.1 Å². The lowest BCUT2D eigenvalue weighted by molar-refractivity contribution is -0.383. The van der Waals surface area contributed by atoms with Gasteiger partial charge in [-0.1, -0.05) is 26.3 Å². The molecule has 6 heteroatoms. The first-order valence-electron chi connectivity index (χ1n) is 7.40. The summed E-state index contributed by atoms with van der Waals surface area (Å²) in [7, 11) is 0. The molecule has 21 heavy (non-hydrogen) atoms. The SMILES string of the molecule is CCCNC(CCC)Cc1ccc2scnc2c1[N+](=O)[O-]. The van der Waals surface area contributed by atoms with Crippen molar-refractivity contribution in [1.29, 1.82) is 0 Å². The molecule has 1 aromatic heterocycles. The van der Waals surface area contributed by atoms with Crippen LogP contribution in [-0.4, -0.2) is 22.5 Å². The maximum Gasteiger partial charge on any atom is 0.299 e. The number of hydrogen-bond donors (Lipinski definition) is 1. The molecule has 2 aromatic rings. The van der Waals surface area contributed by atoms with Crippen LogP contribution in [0.1, 0.15) is 38.7 Å². The van der Waals surface area contributed by atoms with Crippen molar-refractivity contribution >= 4 is 27.2 Å². The monoisotopic (exact) mass is 307 g/mol. The van der Waals surface area contributed by atoms with Crippen LogP contribution >= 0.6 is 11.3 Å². The highest BCUT2D eigenvalue weighted by Gasteiger charge is 2.22. The quantitative estimate of drug-likeness (QED) is 0.593. The number of benzene rings is 1. The standard InChI is InChI=1S/C15H21N3O2S/c1-3-5-12(16-8-4-2)9-11-6-7-13-14(17-10-21-13)15(11)18(19)20/h6-7,10,12,16H,3-5,8-9H2,1-2H3. The molecule has 1 N–H and O–H groups in total. The molecule has 0 aliphatic heterocycles. The summed E-state index contributed by atoms with van der Waals surface area (Å²) < 4.78 is 0.874. The van der Waals surface area contributed by atoms with E-state index < -0.39 is 0 Å². The maximum absolute atomic E-state index is 11.4. The summed E-state index contributed by atoms with van der Waals surface area (Å²) in [6, 6.07) is 4.11. The second-order valence-corrected chi connectivity index (χ2v) is 6.06. The lowest BCUT2D eigenvalue weighted by Gasteiger charge is -2.17. The number of nitrogens with zero attached hydrogens (tertiary/aromatic N) is 2. The zero-order valence-corrected chi connectivity index (χ0v) is 13.3. The Morgan fingerprint density at radius 2 is 2.19 bits per heavy atom. The number of fused-ring (bicyclic) bond motifs is 1. The van der Waals surface area contributed by atoms with Crippen LogP contribution in [0.15, 0.2) is 17.6 Å². The van der Waals surface area contributed by atoms with Gasteiger partial charge in [0.25, 0.3) is 5.69 Å². The van der Waals surface area contributed by atoms with Crippen molar-refractivity contribution in [2.75, 3.05) is 6.54 Å². The highest BCUT2D eigenvalue weighted by atomic mass is 32.1. The van der Waals surface area contributed by atoms with Gasteiger partial charge in [-0.25, -0.2) is 4.98 Å². The molecular weight excluding hydrogens is 286 g/mol. The molecule has 1 heterocycles. The van der Waals surface area contributed by atoms with Gasteiger partial charge in [0.15, 0.2) is 5.52 Å². The zero-order valence-electron chi connectivity index (χ0n) is 12.5. The van der Waals surface area contributed by atoms with E-state index in [1.54, 1.807) is 5.51 Å². The Balaban J connectivity index is 2.31. The Morgan fingerprint density at radius 3 is 2.86 bits per heavy atom. The average molecular weight is 307 g/mol. The van der Waals surface area contributed by atoms with Crippen LogP contribution in [0, 0.1) is 10.1 Å². The molecule has 1 atom stereocenters. The lowest BCUT2D eigenvalue weighted by Crippen LogP contribution is -2.31.